The molecule has 106 valence electrons. The first-order chi connectivity index (χ1) is 9.56. The Hall–Kier alpha value is -1.52. The molecule has 0 heterocycles. The molecule has 0 spiro atoms. The number of aliphatic hydroxyl groups is 1. The van der Waals surface area contributed by atoms with Crippen LogP contribution in [0.25, 0.3) is 0 Å². The second-order valence-corrected chi connectivity index (χ2v) is 5.40. The predicted molar refractivity (Wildman–Crippen MR) is 82.5 cm³/mol. The van der Waals surface area contributed by atoms with Crippen LogP contribution < -0.4 is 9.47 Å². The lowest BCUT2D eigenvalue weighted by Crippen LogP contribution is -2.02. The van der Waals surface area contributed by atoms with Gasteiger partial charge in [-0.3, -0.25) is 0 Å². The van der Waals surface area contributed by atoms with E-state index < -0.39 is 6.10 Å². The van der Waals surface area contributed by atoms with Crippen LogP contribution >= 0.6 is 15.9 Å². The smallest absolute Gasteiger partial charge is 0.161 e. The molecular formula is C16H17BrO3. The molecule has 3 nitrogen and oxygen atoms in total. The third-order valence-electron chi connectivity index (χ3n) is 3.16. The summed E-state index contributed by atoms with van der Waals surface area (Å²) in [5.41, 5.74) is 2.70. The van der Waals surface area contributed by atoms with E-state index in [0.717, 1.165) is 21.2 Å². The highest BCUT2D eigenvalue weighted by Crippen LogP contribution is 2.37. The van der Waals surface area contributed by atoms with Gasteiger partial charge in [0.05, 0.1) is 14.2 Å². The summed E-state index contributed by atoms with van der Waals surface area (Å²) < 4.78 is 11.3. The second-order valence-electron chi connectivity index (χ2n) is 4.55. The van der Waals surface area contributed by atoms with Gasteiger partial charge in [-0.05, 0) is 24.6 Å². The standard InChI is InChI=1S/C16H17BrO3/c1-10-5-4-6-11(7-10)16(18)12-8-14(19-2)15(20-3)9-13(12)17/h4-9,16,18H,1-3H3. The van der Waals surface area contributed by atoms with E-state index in [-0.39, 0.29) is 0 Å². The number of aryl methyl sites for hydroxylation is 1. The van der Waals surface area contributed by atoms with Gasteiger partial charge in [0.2, 0.25) is 0 Å². The molecule has 2 rings (SSSR count). The van der Waals surface area contributed by atoms with Crippen molar-refractivity contribution >= 4 is 15.9 Å². The number of benzene rings is 2. The molecule has 2 aromatic rings. The van der Waals surface area contributed by atoms with Gasteiger partial charge in [-0.1, -0.05) is 45.8 Å². The van der Waals surface area contributed by atoms with E-state index in [2.05, 4.69) is 15.9 Å². The van der Waals surface area contributed by atoms with Crippen LogP contribution in [0.3, 0.4) is 0 Å². The molecule has 20 heavy (non-hydrogen) atoms. The van der Waals surface area contributed by atoms with E-state index in [1.54, 1.807) is 26.4 Å². The molecule has 0 aliphatic carbocycles. The SMILES string of the molecule is COc1cc(Br)c(C(O)c2cccc(C)c2)cc1OC. The fourth-order valence-corrected chi connectivity index (χ4v) is 2.64. The molecule has 0 aliphatic rings. The van der Waals surface area contributed by atoms with Crippen LogP contribution in [0.1, 0.15) is 22.8 Å². The molecule has 0 aliphatic heterocycles. The Kier molecular flexibility index (Phi) is 4.68. The Morgan fingerprint density at radius 3 is 2.30 bits per heavy atom. The van der Waals surface area contributed by atoms with Gasteiger partial charge in [-0.2, -0.15) is 0 Å². The van der Waals surface area contributed by atoms with Gasteiger partial charge in [0.25, 0.3) is 0 Å². The highest BCUT2D eigenvalue weighted by Gasteiger charge is 2.17. The van der Waals surface area contributed by atoms with Crippen molar-refractivity contribution in [3.8, 4) is 11.5 Å². The first-order valence-corrected chi connectivity index (χ1v) is 7.02. The molecule has 2 aromatic carbocycles. The maximum atomic E-state index is 10.6. The molecule has 0 radical (unpaired) electrons. The molecule has 0 amide bonds. The van der Waals surface area contributed by atoms with Gasteiger partial charge in [0, 0.05) is 10.0 Å². The lowest BCUT2D eigenvalue weighted by Gasteiger charge is -2.17. The summed E-state index contributed by atoms with van der Waals surface area (Å²) in [6.07, 6.45) is -0.718. The van der Waals surface area contributed by atoms with E-state index in [0.29, 0.717) is 11.5 Å². The van der Waals surface area contributed by atoms with E-state index in [4.69, 9.17) is 9.47 Å². The Balaban J connectivity index is 2.46. The molecule has 0 aromatic heterocycles. The van der Waals surface area contributed by atoms with Gasteiger partial charge >= 0.3 is 0 Å². The largest absolute Gasteiger partial charge is 0.493 e. The maximum Gasteiger partial charge on any atom is 0.161 e. The topological polar surface area (TPSA) is 38.7 Å². The monoisotopic (exact) mass is 336 g/mol. The van der Waals surface area contributed by atoms with Crippen molar-refractivity contribution in [3.05, 3.63) is 57.6 Å². The number of ether oxygens (including phenoxy) is 2. The Bertz CT molecular complexity index is 611. The van der Waals surface area contributed by atoms with Crippen molar-refractivity contribution in [2.24, 2.45) is 0 Å². The third kappa shape index (κ3) is 2.97. The van der Waals surface area contributed by atoms with Crippen molar-refractivity contribution in [2.45, 2.75) is 13.0 Å². The van der Waals surface area contributed by atoms with Gasteiger partial charge in [0.1, 0.15) is 6.10 Å². The van der Waals surface area contributed by atoms with Gasteiger partial charge in [-0.15, -0.1) is 0 Å². The average Bonchev–Trinajstić information content (AvgIpc) is 2.46. The van der Waals surface area contributed by atoms with Gasteiger partial charge in [0.15, 0.2) is 11.5 Å². The highest BCUT2D eigenvalue weighted by atomic mass is 79.9. The fraction of sp³-hybridized carbons (Fsp3) is 0.250. The zero-order valence-electron chi connectivity index (χ0n) is 11.7. The van der Waals surface area contributed by atoms with Crippen molar-refractivity contribution in [1.29, 1.82) is 0 Å². The predicted octanol–water partition coefficient (Wildman–Crippen LogP) is 3.86. The third-order valence-corrected chi connectivity index (χ3v) is 3.84. The van der Waals surface area contributed by atoms with Crippen LogP contribution in [0, 0.1) is 6.92 Å². The van der Waals surface area contributed by atoms with Crippen LogP contribution in [0.4, 0.5) is 0 Å². The van der Waals surface area contributed by atoms with Crippen molar-refractivity contribution in [1.82, 2.24) is 0 Å². The summed E-state index contributed by atoms with van der Waals surface area (Å²) in [5.74, 6) is 1.22. The molecule has 0 saturated heterocycles. The first kappa shape index (κ1) is 14.9. The summed E-state index contributed by atoms with van der Waals surface area (Å²) in [6, 6.07) is 11.4. The van der Waals surface area contributed by atoms with Crippen LogP contribution in [-0.4, -0.2) is 19.3 Å². The summed E-state index contributed by atoms with van der Waals surface area (Å²) >= 11 is 3.47. The van der Waals surface area contributed by atoms with E-state index in [9.17, 15) is 5.11 Å². The summed E-state index contributed by atoms with van der Waals surface area (Å²) in [4.78, 5) is 0. The molecule has 1 atom stereocenters. The van der Waals surface area contributed by atoms with E-state index in [1.165, 1.54) is 0 Å². The molecule has 1 N–H and O–H groups in total. The van der Waals surface area contributed by atoms with E-state index >= 15 is 0 Å². The lowest BCUT2D eigenvalue weighted by molar-refractivity contribution is 0.218. The highest BCUT2D eigenvalue weighted by molar-refractivity contribution is 9.10. The number of halogens is 1. The van der Waals surface area contributed by atoms with E-state index in [1.807, 2.05) is 31.2 Å². The number of methoxy groups -OCH3 is 2. The second kappa shape index (κ2) is 6.29. The zero-order chi connectivity index (χ0) is 14.7. The quantitative estimate of drug-likeness (QED) is 0.921. The maximum absolute atomic E-state index is 10.6. The summed E-state index contributed by atoms with van der Waals surface area (Å²) in [6.45, 7) is 2.00. The number of aliphatic hydroxyl groups excluding tert-OH is 1. The molecule has 4 heteroatoms. The molecular weight excluding hydrogens is 320 g/mol. The summed E-state index contributed by atoms with van der Waals surface area (Å²) in [7, 11) is 3.16. The molecule has 0 fully saturated rings. The Labute approximate surface area is 127 Å². The van der Waals surface area contributed by atoms with Crippen LogP contribution in [0.2, 0.25) is 0 Å². The van der Waals surface area contributed by atoms with Crippen molar-refractivity contribution in [3.63, 3.8) is 0 Å². The Morgan fingerprint density at radius 1 is 1.05 bits per heavy atom. The summed E-state index contributed by atoms with van der Waals surface area (Å²) in [5, 5.41) is 10.6. The van der Waals surface area contributed by atoms with Gasteiger partial charge < -0.3 is 14.6 Å². The first-order valence-electron chi connectivity index (χ1n) is 6.23. The molecule has 0 saturated carbocycles. The number of rotatable bonds is 4. The minimum atomic E-state index is -0.718. The van der Waals surface area contributed by atoms with Gasteiger partial charge in [-0.25, -0.2) is 0 Å². The normalized spacial score (nSPS) is 12.1. The Morgan fingerprint density at radius 2 is 1.70 bits per heavy atom. The molecule has 1 unspecified atom stereocenters. The average molecular weight is 337 g/mol. The van der Waals surface area contributed by atoms with Crippen LogP contribution in [0.5, 0.6) is 11.5 Å². The lowest BCUT2D eigenvalue weighted by atomic mass is 9.99. The number of hydrogen-bond donors (Lipinski definition) is 1. The van der Waals surface area contributed by atoms with Crippen LogP contribution in [-0.2, 0) is 0 Å². The molecule has 0 bridgehead atoms. The zero-order valence-corrected chi connectivity index (χ0v) is 13.3. The van der Waals surface area contributed by atoms with Crippen LogP contribution in [0.15, 0.2) is 40.9 Å². The minimum absolute atomic E-state index is 0.595. The number of hydrogen-bond acceptors (Lipinski definition) is 3. The van der Waals surface area contributed by atoms with Crippen molar-refractivity contribution < 1.29 is 14.6 Å². The fourth-order valence-electron chi connectivity index (χ4n) is 2.10. The van der Waals surface area contributed by atoms with Crippen molar-refractivity contribution in [2.75, 3.05) is 14.2 Å². The minimum Gasteiger partial charge on any atom is -0.493 e.